The Morgan fingerprint density at radius 2 is 2.14 bits per heavy atom. The average Bonchev–Trinajstić information content (AvgIpc) is 2.51. The first-order chi connectivity index (χ1) is 10.1. The second-order valence-electron chi connectivity index (χ2n) is 5.85. The van der Waals surface area contributed by atoms with Crippen LogP contribution in [0, 0.1) is 17.8 Å². The van der Waals surface area contributed by atoms with E-state index in [2.05, 4.69) is 18.8 Å². The third kappa shape index (κ3) is 3.86. The number of aliphatic hydroxyl groups excluding tert-OH is 1. The van der Waals surface area contributed by atoms with E-state index >= 15 is 0 Å². The molecule has 1 aromatic rings. The van der Waals surface area contributed by atoms with Crippen molar-refractivity contribution in [1.82, 2.24) is 4.90 Å². The molecule has 0 radical (unpaired) electrons. The van der Waals surface area contributed by atoms with Crippen molar-refractivity contribution in [2.45, 2.75) is 38.6 Å². The van der Waals surface area contributed by atoms with Crippen LogP contribution < -0.4 is 0 Å². The minimum atomic E-state index is -0.196. The van der Waals surface area contributed by atoms with Crippen molar-refractivity contribution < 1.29 is 9.90 Å². The molecule has 1 amide bonds. The topological polar surface area (TPSA) is 40.5 Å². The zero-order valence-electron chi connectivity index (χ0n) is 12.8. The summed E-state index contributed by atoms with van der Waals surface area (Å²) in [4.78, 5) is 14.6. The van der Waals surface area contributed by atoms with Crippen LogP contribution in [0.2, 0.25) is 0 Å². The van der Waals surface area contributed by atoms with Gasteiger partial charge in [0.05, 0.1) is 5.56 Å². The van der Waals surface area contributed by atoms with Gasteiger partial charge in [-0.05, 0) is 30.9 Å². The molecule has 1 aliphatic rings. The van der Waals surface area contributed by atoms with E-state index in [1.54, 1.807) is 0 Å². The second kappa shape index (κ2) is 7.28. The maximum Gasteiger partial charge on any atom is 0.255 e. The third-order valence-electron chi connectivity index (χ3n) is 4.24. The quantitative estimate of drug-likeness (QED) is 0.849. The Kier molecular flexibility index (Phi) is 5.41. The summed E-state index contributed by atoms with van der Waals surface area (Å²) >= 11 is 0. The molecular weight excluding hydrogens is 262 g/mol. The molecule has 0 aliphatic heterocycles. The molecule has 1 aliphatic carbocycles. The Morgan fingerprint density at radius 3 is 2.86 bits per heavy atom. The number of carbonyl (C=O) groups excluding carboxylic acids is 1. The number of hydrogen-bond acceptors (Lipinski definition) is 2. The van der Waals surface area contributed by atoms with E-state index in [0.717, 1.165) is 12.8 Å². The molecule has 2 rings (SSSR count). The van der Waals surface area contributed by atoms with E-state index in [1.165, 1.54) is 12.8 Å². The first-order valence-corrected chi connectivity index (χ1v) is 7.59. The summed E-state index contributed by atoms with van der Waals surface area (Å²) in [6.45, 7) is 2.06. The molecule has 0 heterocycles. The van der Waals surface area contributed by atoms with Crippen molar-refractivity contribution in [1.29, 1.82) is 0 Å². The summed E-state index contributed by atoms with van der Waals surface area (Å²) in [6.07, 6.45) is 4.61. The van der Waals surface area contributed by atoms with Gasteiger partial charge >= 0.3 is 0 Å². The van der Waals surface area contributed by atoms with Crippen LogP contribution in [0.15, 0.2) is 24.3 Å². The molecule has 2 atom stereocenters. The van der Waals surface area contributed by atoms with Gasteiger partial charge in [0.15, 0.2) is 0 Å². The fourth-order valence-electron chi connectivity index (χ4n) is 3.02. The van der Waals surface area contributed by atoms with Crippen molar-refractivity contribution >= 4 is 5.91 Å². The highest BCUT2D eigenvalue weighted by molar-refractivity contribution is 5.96. The van der Waals surface area contributed by atoms with E-state index in [0.29, 0.717) is 23.1 Å². The van der Waals surface area contributed by atoms with E-state index in [9.17, 15) is 4.79 Å². The Hall–Kier alpha value is -1.79. The smallest absolute Gasteiger partial charge is 0.255 e. The van der Waals surface area contributed by atoms with Crippen LogP contribution in [0.4, 0.5) is 0 Å². The number of carbonyl (C=O) groups is 1. The monoisotopic (exact) mass is 285 g/mol. The molecule has 21 heavy (non-hydrogen) atoms. The van der Waals surface area contributed by atoms with Crippen LogP contribution in [0.5, 0.6) is 0 Å². The number of nitrogens with zero attached hydrogens (tertiary/aromatic N) is 1. The molecule has 3 nitrogen and oxygen atoms in total. The van der Waals surface area contributed by atoms with Crippen LogP contribution in [-0.2, 0) is 0 Å². The van der Waals surface area contributed by atoms with Crippen LogP contribution in [-0.4, -0.2) is 35.6 Å². The SMILES string of the molecule is CC1CCCC(N(C)C(=O)c2ccccc2C#CCO)C1. The summed E-state index contributed by atoms with van der Waals surface area (Å²) in [5, 5.41) is 8.83. The Bertz CT molecular complexity index is 556. The van der Waals surface area contributed by atoms with Gasteiger partial charge in [-0.15, -0.1) is 0 Å². The minimum Gasteiger partial charge on any atom is -0.384 e. The van der Waals surface area contributed by atoms with Gasteiger partial charge < -0.3 is 10.0 Å². The molecule has 0 saturated heterocycles. The highest BCUT2D eigenvalue weighted by Gasteiger charge is 2.26. The normalized spacial score (nSPS) is 21.3. The highest BCUT2D eigenvalue weighted by atomic mass is 16.2. The van der Waals surface area contributed by atoms with Crippen molar-refractivity contribution in [3.8, 4) is 11.8 Å². The minimum absolute atomic E-state index is 0.0249. The standard InChI is InChI=1S/C18H23NO2/c1-14-7-5-10-16(13-14)19(2)18(21)17-11-4-3-8-15(17)9-6-12-20/h3-4,8,11,14,16,20H,5,7,10,12-13H2,1-2H3. The fraction of sp³-hybridized carbons (Fsp3) is 0.500. The summed E-state index contributed by atoms with van der Waals surface area (Å²) in [7, 11) is 1.89. The highest BCUT2D eigenvalue weighted by Crippen LogP contribution is 2.27. The molecule has 0 aromatic heterocycles. The predicted molar refractivity (Wildman–Crippen MR) is 83.9 cm³/mol. The van der Waals surface area contributed by atoms with Gasteiger partial charge in [-0.1, -0.05) is 43.7 Å². The van der Waals surface area contributed by atoms with E-state index < -0.39 is 0 Å². The number of hydrogen-bond donors (Lipinski definition) is 1. The predicted octanol–water partition coefficient (Wildman–Crippen LogP) is 2.68. The van der Waals surface area contributed by atoms with Gasteiger partial charge in [0.2, 0.25) is 0 Å². The molecule has 1 fully saturated rings. The molecule has 2 unspecified atom stereocenters. The molecule has 0 spiro atoms. The van der Waals surface area contributed by atoms with Gasteiger partial charge in [-0.2, -0.15) is 0 Å². The van der Waals surface area contributed by atoms with Gasteiger partial charge in [0, 0.05) is 18.7 Å². The molecule has 1 aromatic carbocycles. The Balaban J connectivity index is 2.19. The molecule has 1 N–H and O–H groups in total. The Morgan fingerprint density at radius 1 is 1.38 bits per heavy atom. The van der Waals surface area contributed by atoms with Crippen LogP contribution >= 0.6 is 0 Å². The lowest BCUT2D eigenvalue weighted by Crippen LogP contribution is -2.40. The molecule has 0 bridgehead atoms. The van der Waals surface area contributed by atoms with Crippen molar-refractivity contribution in [3.05, 3.63) is 35.4 Å². The molecule has 3 heteroatoms. The second-order valence-corrected chi connectivity index (χ2v) is 5.85. The first-order valence-electron chi connectivity index (χ1n) is 7.59. The van der Waals surface area contributed by atoms with Crippen LogP contribution in [0.25, 0.3) is 0 Å². The number of amides is 1. The van der Waals surface area contributed by atoms with Gasteiger partial charge in [-0.25, -0.2) is 0 Å². The molecular formula is C18H23NO2. The summed E-state index contributed by atoms with van der Waals surface area (Å²) in [5.41, 5.74) is 1.31. The zero-order chi connectivity index (χ0) is 15.2. The largest absolute Gasteiger partial charge is 0.384 e. The van der Waals surface area contributed by atoms with Gasteiger partial charge in [-0.3, -0.25) is 4.79 Å². The van der Waals surface area contributed by atoms with Crippen molar-refractivity contribution in [2.75, 3.05) is 13.7 Å². The number of rotatable bonds is 2. The lowest BCUT2D eigenvalue weighted by Gasteiger charge is -2.34. The van der Waals surface area contributed by atoms with Crippen LogP contribution in [0.3, 0.4) is 0 Å². The fourth-order valence-corrected chi connectivity index (χ4v) is 3.02. The third-order valence-corrected chi connectivity index (χ3v) is 4.24. The average molecular weight is 285 g/mol. The van der Waals surface area contributed by atoms with Crippen molar-refractivity contribution in [2.24, 2.45) is 5.92 Å². The molecule has 112 valence electrons. The Labute approximate surface area is 127 Å². The lowest BCUT2D eigenvalue weighted by atomic mass is 9.86. The number of aliphatic hydroxyl groups is 1. The van der Waals surface area contributed by atoms with Gasteiger partial charge in [0.25, 0.3) is 5.91 Å². The summed E-state index contributed by atoms with van der Waals surface area (Å²) in [5.74, 6) is 6.19. The lowest BCUT2D eigenvalue weighted by molar-refractivity contribution is 0.0672. The summed E-state index contributed by atoms with van der Waals surface area (Å²) < 4.78 is 0. The molecule has 1 saturated carbocycles. The van der Waals surface area contributed by atoms with Crippen LogP contribution in [0.1, 0.15) is 48.5 Å². The number of benzene rings is 1. The van der Waals surface area contributed by atoms with Crippen molar-refractivity contribution in [3.63, 3.8) is 0 Å². The van der Waals surface area contributed by atoms with E-state index in [1.807, 2.05) is 36.2 Å². The van der Waals surface area contributed by atoms with E-state index in [-0.39, 0.29) is 12.5 Å². The van der Waals surface area contributed by atoms with Gasteiger partial charge in [0.1, 0.15) is 6.61 Å². The summed E-state index contributed by atoms with van der Waals surface area (Å²) in [6, 6.07) is 7.68. The zero-order valence-corrected chi connectivity index (χ0v) is 12.8. The van der Waals surface area contributed by atoms with E-state index in [4.69, 9.17) is 5.11 Å². The first kappa shape index (κ1) is 15.6. The maximum absolute atomic E-state index is 12.7. The maximum atomic E-state index is 12.7.